The second-order valence-corrected chi connectivity index (χ2v) is 4.24. The fourth-order valence-corrected chi connectivity index (χ4v) is 1.73. The summed E-state index contributed by atoms with van der Waals surface area (Å²) in [6, 6.07) is 7.48. The molecule has 1 amide bonds. The molecule has 7 heteroatoms. The van der Waals surface area contributed by atoms with E-state index in [0.717, 1.165) is 5.56 Å². The molecule has 1 heterocycles. The Morgan fingerprint density at radius 3 is 2.85 bits per heavy atom. The van der Waals surface area contributed by atoms with Crippen molar-refractivity contribution in [3.63, 3.8) is 0 Å². The standard InChI is InChI=1S/C13H12FN5O/c1-9(10-2-4-11(14)5-3-10)17-13(20)7-19-8-16-18-12(19)6-15/h2-5,8-9H,7H2,1H3,(H,17,20). The molecular weight excluding hydrogens is 261 g/mol. The summed E-state index contributed by atoms with van der Waals surface area (Å²) in [4.78, 5) is 11.9. The third-order valence-electron chi connectivity index (χ3n) is 2.78. The number of amides is 1. The molecule has 0 aliphatic rings. The number of nitrogens with one attached hydrogen (secondary N) is 1. The van der Waals surface area contributed by atoms with E-state index >= 15 is 0 Å². The molecule has 2 rings (SSSR count). The first kappa shape index (κ1) is 13.7. The lowest BCUT2D eigenvalue weighted by molar-refractivity contribution is -0.122. The maximum Gasteiger partial charge on any atom is 0.240 e. The highest BCUT2D eigenvalue weighted by Crippen LogP contribution is 2.12. The van der Waals surface area contributed by atoms with Gasteiger partial charge in [0.05, 0.1) is 6.04 Å². The van der Waals surface area contributed by atoms with Crippen molar-refractivity contribution in [3.05, 3.63) is 47.8 Å². The summed E-state index contributed by atoms with van der Waals surface area (Å²) in [6.45, 7) is 1.75. The zero-order chi connectivity index (χ0) is 14.5. The molecule has 1 unspecified atom stereocenters. The molecule has 102 valence electrons. The number of halogens is 1. The lowest BCUT2D eigenvalue weighted by atomic mass is 10.1. The molecule has 0 aliphatic heterocycles. The number of carbonyl (C=O) groups is 1. The van der Waals surface area contributed by atoms with Crippen LogP contribution in [0.3, 0.4) is 0 Å². The van der Waals surface area contributed by atoms with Gasteiger partial charge in [-0.25, -0.2) is 4.39 Å². The monoisotopic (exact) mass is 273 g/mol. The maximum absolute atomic E-state index is 12.8. The largest absolute Gasteiger partial charge is 0.348 e. The summed E-state index contributed by atoms with van der Waals surface area (Å²) in [5.41, 5.74) is 0.795. The molecule has 0 saturated heterocycles. The zero-order valence-corrected chi connectivity index (χ0v) is 10.7. The van der Waals surface area contributed by atoms with Gasteiger partial charge in [0, 0.05) is 0 Å². The van der Waals surface area contributed by atoms with Crippen molar-refractivity contribution in [2.75, 3.05) is 0 Å². The third-order valence-corrected chi connectivity index (χ3v) is 2.78. The first-order valence-electron chi connectivity index (χ1n) is 5.93. The average Bonchev–Trinajstić information content (AvgIpc) is 2.86. The number of hydrogen-bond acceptors (Lipinski definition) is 4. The second kappa shape index (κ2) is 5.93. The number of rotatable bonds is 4. The maximum atomic E-state index is 12.8. The molecule has 0 fully saturated rings. The van der Waals surface area contributed by atoms with E-state index in [0.29, 0.717) is 0 Å². The lowest BCUT2D eigenvalue weighted by Crippen LogP contribution is -2.30. The van der Waals surface area contributed by atoms with Crippen molar-refractivity contribution < 1.29 is 9.18 Å². The summed E-state index contributed by atoms with van der Waals surface area (Å²) >= 11 is 0. The Labute approximate surface area is 114 Å². The van der Waals surface area contributed by atoms with Crippen molar-refractivity contribution in [2.45, 2.75) is 19.5 Å². The van der Waals surface area contributed by atoms with Crippen LogP contribution in [0.25, 0.3) is 0 Å². The molecule has 0 bridgehead atoms. The van der Waals surface area contributed by atoms with Crippen LogP contribution in [0.4, 0.5) is 4.39 Å². The van der Waals surface area contributed by atoms with Gasteiger partial charge in [-0.15, -0.1) is 10.2 Å². The first-order chi connectivity index (χ1) is 9.60. The minimum atomic E-state index is -0.324. The summed E-state index contributed by atoms with van der Waals surface area (Å²) in [5, 5.41) is 18.7. The minimum Gasteiger partial charge on any atom is -0.348 e. The van der Waals surface area contributed by atoms with E-state index in [1.165, 1.54) is 23.0 Å². The quantitative estimate of drug-likeness (QED) is 0.906. The highest BCUT2D eigenvalue weighted by atomic mass is 19.1. The molecule has 6 nitrogen and oxygen atoms in total. The van der Waals surface area contributed by atoms with Crippen molar-refractivity contribution in [1.82, 2.24) is 20.1 Å². The Morgan fingerprint density at radius 2 is 2.20 bits per heavy atom. The first-order valence-corrected chi connectivity index (χ1v) is 5.93. The van der Waals surface area contributed by atoms with Crippen LogP contribution in [0.5, 0.6) is 0 Å². The van der Waals surface area contributed by atoms with Crippen molar-refractivity contribution in [3.8, 4) is 6.07 Å². The van der Waals surface area contributed by atoms with Gasteiger partial charge >= 0.3 is 0 Å². The van der Waals surface area contributed by atoms with E-state index in [2.05, 4.69) is 15.5 Å². The number of carbonyl (C=O) groups excluding carboxylic acids is 1. The SMILES string of the molecule is CC(NC(=O)Cn1cnnc1C#N)c1ccc(F)cc1. The van der Waals surface area contributed by atoms with E-state index in [9.17, 15) is 9.18 Å². The van der Waals surface area contributed by atoms with Crippen LogP contribution in [-0.2, 0) is 11.3 Å². The summed E-state index contributed by atoms with van der Waals surface area (Å²) in [6.07, 6.45) is 1.32. The van der Waals surface area contributed by atoms with Crippen LogP contribution in [0.1, 0.15) is 24.4 Å². The number of nitriles is 1. The zero-order valence-electron chi connectivity index (χ0n) is 10.7. The van der Waals surface area contributed by atoms with Crippen molar-refractivity contribution in [1.29, 1.82) is 5.26 Å². The van der Waals surface area contributed by atoms with Gasteiger partial charge in [0.15, 0.2) is 0 Å². The molecule has 1 aromatic heterocycles. The highest BCUT2D eigenvalue weighted by molar-refractivity contribution is 5.76. The Kier molecular flexibility index (Phi) is 4.05. The van der Waals surface area contributed by atoms with Gasteiger partial charge in [-0.05, 0) is 24.6 Å². The third kappa shape index (κ3) is 3.17. The topological polar surface area (TPSA) is 83.6 Å². The number of aromatic nitrogens is 3. The lowest BCUT2D eigenvalue weighted by Gasteiger charge is -2.14. The van der Waals surface area contributed by atoms with Crippen LogP contribution in [0.2, 0.25) is 0 Å². The van der Waals surface area contributed by atoms with Gasteiger partial charge in [-0.1, -0.05) is 12.1 Å². The average molecular weight is 273 g/mol. The van der Waals surface area contributed by atoms with E-state index in [1.54, 1.807) is 19.1 Å². The van der Waals surface area contributed by atoms with E-state index in [-0.39, 0.29) is 30.1 Å². The fourth-order valence-electron chi connectivity index (χ4n) is 1.73. The van der Waals surface area contributed by atoms with Crippen LogP contribution in [0.15, 0.2) is 30.6 Å². The molecule has 2 aromatic rings. The number of benzene rings is 1. The van der Waals surface area contributed by atoms with Crippen molar-refractivity contribution >= 4 is 5.91 Å². The van der Waals surface area contributed by atoms with Crippen LogP contribution < -0.4 is 5.32 Å². The van der Waals surface area contributed by atoms with Crippen LogP contribution in [0, 0.1) is 17.1 Å². The number of nitrogens with zero attached hydrogens (tertiary/aromatic N) is 4. The van der Waals surface area contributed by atoms with E-state index < -0.39 is 0 Å². The molecule has 0 aliphatic carbocycles. The molecule has 1 aromatic carbocycles. The second-order valence-electron chi connectivity index (χ2n) is 4.24. The van der Waals surface area contributed by atoms with Gasteiger partial charge < -0.3 is 5.32 Å². The molecule has 20 heavy (non-hydrogen) atoms. The molecule has 0 saturated carbocycles. The Morgan fingerprint density at radius 1 is 1.50 bits per heavy atom. The number of hydrogen-bond donors (Lipinski definition) is 1. The van der Waals surface area contributed by atoms with Crippen molar-refractivity contribution in [2.24, 2.45) is 0 Å². The normalized spacial score (nSPS) is 11.7. The van der Waals surface area contributed by atoms with Gasteiger partial charge in [0.25, 0.3) is 0 Å². The summed E-state index contributed by atoms with van der Waals surface area (Å²) in [5.74, 6) is -0.525. The van der Waals surface area contributed by atoms with Gasteiger partial charge in [-0.2, -0.15) is 5.26 Å². The van der Waals surface area contributed by atoms with E-state index in [4.69, 9.17) is 5.26 Å². The predicted molar refractivity (Wildman–Crippen MR) is 67.7 cm³/mol. The summed E-state index contributed by atoms with van der Waals surface area (Å²) < 4.78 is 14.2. The van der Waals surface area contributed by atoms with Gasteiger partial charge in [-0.3, -0.25) is 9.36 Å². The highest BCUT2D eigenvalue weighted by Gasteiger charge is 2.12. The van der Waals surface area contributed by atoms with Crippen LogP contribution in [-0.4, -0.2) is 20.7 Å². The molecule has 1 atom stereocenters. The van der Waals surface area contributed by atoms with Crippen LogP contribution >= 0.6 is 0 Å². The minimum absolute atomic E-state index is 0.0402. The van der Waals surface area contributed by atoms with Gasteiger partial charge in [0.2, 0.25) is 11.7 Å². The van der Waals surface area contributed by atoms with Gasteiger partial charge in [0.1, 0.15) is 24.8 Å². The predicted octanol–water partition coefficient (Wildman–Crippen LogP) is 1.17. The fraction of sp³-hybridized carbons (Fsp3) is 0.231. The Balaban J connectivity index is 1.98. The summed E-state index contributed by atoms with van der Waals surface area (Å²) in [7, 11) is 0. The smallest absolute Gasteiger partial charge is 0.240 e. The van der Waals surface area contributed by atoms with E-state index in [1.807, 2.05) is 6.07 Å². The Hall–Kier alpha value is -2.75. The molecular formula is C13H12FN5O. The molecule has 0 radical (unpaired) electrons. The molecule has 1 N–H and O–H groups in total. The Bertz CT molecular complexity index is 644. The molecule has 0 spiro atoms.